The fourth-order valence-electron chi connectivity index (χ4n) is 1.54. The topological polar surface area (TPSA) is 90.2 Å². The van der Waals surface area contributed by atoms with Crippen LogP contribution < -0.4 is 4.72 Å². The number of thiophene rings is 1. The largest absolute Gasteiger partial charge is 0.392 e. The number of hydrogen-bond donors (Lipinski definition) is 2. The van der Waals surface area contributed by atoms with E-state index in [1.54, 1.807) is 24.3 Å². The van der Waals surface area contributed by atoms with E-state index in [0.29, 0.717) is 4.88 Å². The van der Waals surface area contributed by atoms with Crippen LogP contribution in [0.15, 0.2) is 40.6 Å². The molecule has 2 rings (SSSR count). The third-order valence-electron chi connectivity index (χ3n) is 2.63. The molecule has 2 aromatic rings. The lowest BCUT2D eigenvalue weighted by Gasteiger charge is -2.05. The van der Waals surface area contributed by atoms with Crippen LogP contribution in [0.3, 0.4) is 0 Å². The van der Waals surface area contributed by atoms with Crippen LogP contribution in [0.2, 0.25) is 0 Å². The normalized spacial score (nSPS) is 11.2. The van der Waals surface area contributed by atoms with Gasteiger partial charge in [-0.25, -0.2) is 13.1 Å². The first-order valence-electron chi connectivity index (χ1n) is 5.73. The standard InChI is InChI=1S/C13H12N2O3S2/c14-7-12-5-6-13(19-12)20(17,18)15-8-10-1-3-11(9-16)4-2-10/h1-6,15-16H,8-9H2. The van der Waals surface area contributed by atoms with Gasteiger partial charge >= 0.3 is 0 Å². The highest BCUT2D eigenvalue weighted by Crippen LogP contribution is 2.20. The van der Waals surface area contributed by atoms with Crippen LogP contribution in [0, 0.1) is 11.3 Å². The van der Waals surface area contributed by atoms with Crippen LogP contribution in [0.25, 0.3) is 0 Å². The molecule has 1 aromatic heterocycles. The van der Waals surface area contributed by atoms with Gasteiger partial charge in [-0.3, -0.25) is 0 Å². The van der Waals surface area contributed by atoms with Crippen LogP contribution in [-0.4, -0.2) is 13.5 Å². The van der Waals surface area contributed by atoms with Gasteiger partial charge in [0.05, 0.1) is 6.61 Å². The first kappa shape index (κ1) is 14.7. The van der Waals surface area contributed by atoms with Crippen molar-refractivity contribution in [3.63, 3.8) is 0 Å². The number of hydrogen-bond acceptors (Lipinski definition) is 5. The number of nitriles is 1. The first-order valence-corrected chi connectivity index (χ1v) is 8.03. The molecule has 0 spiro atoms. The molecule has 5 nitrogen and oxygen atoms in total. The molecule has 0 saturated carbocycles. The van der Waals surface area contributed by atoms with E-state index in [1.165, 1.54) is 12.1 Å². The number of benzene rings is 1. The fourth-order valence-corrected chi connectivity index (χ4v) is 3.70. The molecule has 0 aliphatic heterocycles. The zero-order valence-electron chi connectivity index (χ0n) is 10.4. The molecule has 0 unspecified atom stereocenters. The van der Waals surface area contributed by atoms with Gasteiger partial charge in [-0.1, -0.05) is 24.3 Å². The van der Waals surface area contributed by atoms with Gasteiger partial charge in [0, 0.05) is 6.54 Å². The molecule has 20 heavy (non-hydrogen) atoms. The van der Waals surface area contributed by atoms with E-state index in [9.17, 15) is 8.42 Å². The van der Waals surface area contributed by atoms with Crippen molar-refractivity contribution in [3.05, 3.63) is 52.4 Å². The van der Waals surface area contributed by atoms with E-state index in [2.05, 4.69) is 4.72 Å². The molecule has 0 atom stereocenters. The summed E-state index contributed by atoms with van der Waals surface area (Å²) in [6, 6.07) is 11.8. The van der Waals surface area contributed by atoms with Crippen molar-refractivity contribution >= 4 is 21.4 Å². The van der Waals surface area contributed by atoms with E-state index < -0.39 is 10.0 Å². The number of rotatable bonds is 5. The highest BCUT2D eigenvalue weighted by atomic mass is 32.2. The van der Waals surface area contributed by atoms with Crippen molar-refractivity contribution in [2.75, 3.05) is 0 Å². The van der Waals surface area contributed by atoms with Crippen LogP contribution in [0.5, 0.6) is 0 Å². The summed E-state index contributed by atoms with van der Waals surface area (Å²) in [4.78, 5) is 0.359. The molecule has 1 aromatic carbocycles. The SMILES string of the molecule is N#Cc1ccc(S(=O)(=O)NCc2ccc(CO)cc2)s1. The molecule has 7 heteroatoms. The Kier molecular flexibility index (Phi) is 4.52. The van der Waals surface area contributed by atoms with Crippen molar-refractivity contribution in [1.29, 1.82) is 5.26 Å². The molecule has 0 saturated heterocycles. The maximum absolute atomic E-state index is 12.0. The molecule has 0 aliphatic rings. The Hall–Kier alpha value is -1.72. The van der Waals surface area contributed by atoms with Crippen molar-refractivity contribution in [3.8, 4) is 6.07 Å². The minimum Gasteiger partial charge on any atom is -0.392 e. The fraction of sp³-hybridized carbons (Fsp3) is 0.154. The summed E-state index contributed by atoms with van der Waals surface area (Å²) in [6.07, 6.45) is 0. The number of nitrogens with zero attached hydrogens (tertiary/aromatic N) is 1. The Morgan fingerprint density at radius 2 is 1.80 bits per heavy atom. The molecule has 1 heterocycles. The summed E-state index contributed by atoms with van der Waals surface area (Å²) >= 11 is 0.936. The summed E-state index contributed by atoms with van der Waals surface area (Å²) in [5, 5.41) is 17.6. The number of aliphatic hydroxyl groups is 1. The predicted molar refractivity (Wildman–Crippen MR) is 75.4 cm³/mol. The summed E-state index contributed by atoms with van der Waals surface area (Å²) in [7, 11) is -3.60. The molecular weight excluding hydrogens is 296 g/mol. The third-order valence-corrected chi connectivity index (χ3v) is 5.51. The van der Waals surface area contributed by atoms with E-state index in [0.717, 1.165) is 22.5 Å². The number of aliphatic hydroxyl groups excluding tert-OH is 1. The van der Waals surface area contributed by atoms with Crippen LogP contribution >= 0.6 is 11.3 Å². The van der Waals surface area contributed by atoms with Crippen molar-refractivity contribution in [1.82, 2.24) is 4.72 Å². The van der Waals surface area contributed by atoms with Crippen LogP contribution in [-0.2, 0) is 23.2 Å². The van der Waals surface area contributed by atoms with Gasteiger partial charge in [0.2, 0.25) is 10.0 Å². The van der Waals surface area contributed by atoms with Crippen LogP contribution in [0.4, 0.5) is 0 Å². The van der Waals surface area contributed by atoms with Gasteiger partial charge in [-0.2, -0.15) is 5.26 Å². The summed E-state index contributed by atoms with van der Waals surface area (Å²) in [5.74, 6) is 0. The Labute approximate surface area is 121 Å². The second-order valence-electron chi connectivity index (χ2n) is 4.03. The number of sulfonamides is 1. The average Bonchev–Trinajstić information content (AvgIpc) is 2.95. The number of nitrogens with one attached hydrogen (secondary N) is 1. The zero-order chi connectivity index (χ0) is 14.6. The maximum atomic E-state index is 12.0. The van der Waals surface area contributed by atoms with Crippen molar-refractivity contribution in [2.45, 2.75) is 17.4 Å². The third kappa shape index (κ3) is 3.43. The summed E-state index contributed by atoms with van der Waals surface area (Å²) < 4.78 is 26.6. The lowest BCUT2D eigenvalue weighted by Crippen LogP contribution is -2.22. The monoisotopic (exact) mass is 308 g/mol. The molecule has 0 radical (unpaired) electrons. The molecule has 0 fully saturated rings. The van der Waals surface area contributed by atoms with Crippen LogP contribution in [0.1, 0.15) is 16.0 Å². The van der Waals surface area contributed by atoms with Gasteiger partial charge in [0.25, 0.3) is 0 Å². The minimum absolute atomic E-state index is 0.0435. The van der Waals surface area contributed by atoms with Gasteiger partial charge < -0.3 is 5.11 Å². The molecule has 104 valence electrons. The smallest absolute Gasteiger partial charge is 0.250 e. The van der Waals surface area contributed by atoms with E-state index in [1.807, 2.05) is 6.07 Å². The Morgan fingerprint density at radius 1 is 1.15 bits per heavy atom. The van der Waals surface area contributed by atoms with Gasteiger partial charge in [0.15, 0.2) is 0 Å². The zero-order valence-corrected chi connectivity index (χ0v) is 12.0. The van der Waals surface area contributed by atoms with E-state index >= 15 is 0 Å². The first-order chi connectivity index (χ1) is 9.55. The van der Waals surface area contributed by atoms with Crippen molar-refractivity contribution < 1.29 is 13.5 Å². The van der Waals surface area contributed by atoms with E-state index in [-0.39, 0.29) is 17.4 Å². The van der Waals surface area contributed by atoms with Gasteiger partial charge in [-0.15, -0.1) is 11.3 Å². The summed E-state index contributed by atoms with van der Waals surface area (Å²) in [5.41, 5.74) is 1.57. The summed E-state index contributed by atoms with van der Waals surface area (Å²) in [6.45, 7) is 0.117. The highest BCUT2D eigenvalue weighted by molar-refractivity contribution is 7.91. The lowest BCUT2D eigenvalue weighted by molar-refractivity contribution is 0.282. The van der Waals surface area contributed by atoms with E-state index in [4.69, 9.17) is 10.4 Å². The second-order valence-corrected chi connectivity index (χ2v) is 7.11. The van der Waals surface area contributed by atoms with Gasteiger partial charge in [-0.05, 0) is 23.3 Å². The molecule has 0 aliphatic carbocycles. The van der Waals surface area contributed by atoms with Crippen molar-refractivity contribution in [2.24, 2.45) is 0 Å². The lowest BCUT2D eigenvalue weighted by atomic mass is 10.1. The molecule has 0 amide bonds. The molecule has 2 N–H and O–H groups in total. The Bertz CT molecular complexity index is 728. The average molecular weight is 308 g/mol. The quantitative estimate of drug-likeness (QED) is 0.877. The predicted octanol–water partition coefficient (Wildman–Crippen LogP) is 1.59. The maximum Gasteiger partial charge on any atom is 0.250 e. The Morgan fingerprint density at radius 3 is 2.35 bits per heavy atom. The Balaban J connectivity index is 2.07. The second kappa shape index (κ2) is 6.15. The molecule has 0 bridgehead atoms. The molecular formula is C13H12N2O3S2. The minimum atomic E-state index is -3.60. The highest BCUT2D eigenvalue weighted by Gasteiger charge is 2.16. The van der Waals surface area contributed by atoms with Gasteiger partial charge in [0.1, 0.15) is 15.2 Å².